The number of ketones is 1. The number of hydrogen-bond donors (Lipinski definition) is 3. The third kappa shape index (κ3) is 4.35. The Balaban J connectivity index is 1.42. The molecule has 1 aliphatic rings. The highest BCUT2D eigenvalue weighted by molar-refractivity contribution is 6.35. The average molecular weight is 478 g/mol. The highest BCUT2D eigenvalue weighted by Gasteiger charge is 2.30. The van der Waals surface area contributed by atoms with E-state index in [4.69, 9.17) is 16.3 Å². The predicted octanol–water partition coefficient (Wildman–Crippen LogP) is 4.11. The summed E-state index contributed by atoms with van der Waals surface area (Å²) in [7, 11) is 1.98. The maximum absolute atomic E-state index is 13.5. The first-order valence-corrected chi connectivity index (χ1v) is 11.4. The summed E-state index contributed by atoms with van der Waals surface area (Å²) in [6.07, 6.45) is 3.87. The molecule has 3 heterocycles. The number of anilines is 1. The number of nitrogens with one attached hydrogen (secondary N) is 2. The maximum atomic E-state index is 13.5. The zero-order valence-corrected chi connectivity index (χ0v) is 19.3. The Morgan fingerprint density at radius 2 is 2.03 bits per heavy atom. The van der Waals surface area contributed by atoms with Gasteiger partial charge in [0, 0.05) is 36.5 Å². The molecule has 0 saturated carbocycles. The van der Waals surface area contributed by atoms with Crippen molar-refractivity contribution in [3.8, 4) is 11.5 Å². The molecule has 0 aliphatic carbocycles. The molecule has 1 aliphatic heterocycles. The highest BCUT2D eigenvalue weighted by atomic mass is 35.5. The van der Waals surface area contributed by atoms with Crippen molar-refractivity contribution in [2.75, 3.05) is 25.5 Å². The summed E-state index contributed by atoms with van der Waals surface area (Å²) in [5.74, 6) is 1.56. The molecule has 0 amide bonds. The van der Waals surface area contributed by atoms with E-state index in [2.05, 4.69) is 25.2 Å². The van der Waals surface area contributed by atoms with Crippen LogP contribution in [0.5, 0.6) is 11.5 Å². The van der Waals surface area contributed by atoms with Crippen molar-refractivity contribution in [1.82, 2.24) is 19.9 Å². The second kappa shape index (κ2) is 9.42. The lowest BCUT2D eigenvalue weighted by atomic mass is 10.0. The van der Waals surface area contributed by atoms with Gasteiger partial charge in [-0.15, -0.1) is 0 Å². The number of ether oxygens (including phenoxy) is 1. The molecular formula is C25H24ClN5O3. The number of aliphatic hydroxyl groups excluding tert-OH is 1. The van der Waals surface area contributed by atoms with E-state index < -0.39 is 0 Å². The van der Waals surface area contributed by atoms with Crippen molar-refractivity contribution in [2.24, 2.45) is 0 Å². The molecule has 1 fully saturated rings. The van der Waals surface area contributed by atoms with Gasteiger partial charge in [-0.3, -0.25) is 9.69 Å². The number of H-pyrrole nitrogens is 1. The van der Waals surface area contributed by atoms with Crippen molar-refractivity contribution >= 4 is 34.2 Å². The fourth-order valence-corrected chi connectivity index (χ4v) is 4.61. The van der Waals surface area contributed by atoms with Crippen LogP contribution in [-0.2, 0) is 0 Å². The second-order valence-corrected chi connectivity index (χ2v) is 8.79. The number of carbonyl (C=O) groups is 1. The molecule has 0 radical (unpaired) electrons. The number of likely N-dealkylation sites (tertiary alicyclic amines) is 1. The molecule has 9 heteroatoms. The molecule has 3 N–H and O–H groups in total. The van der Waals surface area contributed by atoms with E-state index in [1.165, 1.54) is 6.33 Å². The normalized spacial score (nSPS) is 18.3. The first-order chi connectivity index (χ1) is 16.5. The van der Waals surface area contributed by atoms with E-state index in [-0.39, 0.29) is 24.5 Å². The number of para-hydroxylation sites is 1. The molecule has 2 aromatic heterocycles. The summed E-state index contributed by atoms with van der Waals surface area (Å²) in [5.41, 5.74) is 1.35. The smallest absolute Gasteiger partial charge is 0.196 e. The van der Waals surface area contributed by atoms with Gasteiger partial charge in [-0.1, -0.05) is 29.8 Å². The molecule has 8 nitrogen and oxygen atoms in total. The van der Waals surface area contributed by atoms with Gasteiger partial charge in [-0.05, 0) is 37.7 Å². The molecule has 2 atom stereocenters. The summed E-state index contributed by atoms with van der Waals surface area (Å²) in [6.45, 7) is 0.864. The lowest BCUT2D eigenvalue weighted by Gasteiger charge is -2.15. The van der Waals surface area contributed by atoms with Gasteiger partial charge in [-0.2, -0.15) is 0 Å². The Hall–Kier alpha value is -3.46. The van der Waals surface area contributed by atoms with Crippen LogP contribution in [0.4, 0.5) is 5.82 Å². The quantitative estimate of drug-likeness (QED) is 0.344. The predicted molar refractivity (Wildman–Crippen MR) is 131 cm³/mol. The largest absolute Gasteiger partial charge is 0.457 e. The standard InChI is InChI=1S/C25H24ClN5O3/c1-31-12-15(9-16(31)13-32)30-25-22-20(11-27-24(22)28-14-29-25)23(33)19-8-7-18(10-21(19)26)34-17-5-3-2-4-6-17/h2-8,10-11,14-16,32H,9,12-13H2,1H3,(H2,27,28,29,30). The van der Waals surface area contributed by atoms with Crippen LogP contribution < -0.4 is 10.1 Å². The number of aliphatic hydroxyl groups is 1. The number of fused-ring (bicyclic) bond motifs is 1. The monoisotopic (exact) mass is 477 g/mol. The van der Waals surface area contributed by atoms with Gasteiger partial charge in [-0.25, -0.2) is 9.97 Å². The average Bonchev–Trinajstić information content (AvgIpc) is 3.43. The Bertz CT molecular complexity index is 1330. The number of rotatable bonds is 7. The number of nitrogens with zero attached hydrogens (tertiary/aromatic N) is 3. The SMILES string of the molecule is CN1CC(Nc2ncnc3[nH]cc(C(=O)c4ccc(Oc5ccccc5)cc4Cl)c23)CC1CO. The van der Waals surface area contributed by atoms with Crippen LogP contribution in [0.25, 0.3) is 11.0 Å². The Morgan fingerprint density at radius 3 is 2.76 bits per heavy atom. The summed E-state index contributed by atoms with van der Waals surface area (Å²) in [5, 5.41) is 13.9. The summed E-state index contributed by atoms with van der Waals surface area (Å²) >= 11 is 6.50. The first-order valence-electron chi connectivity index (χ1n) is 11.0. The van der Waals surface area contributed by atoms with Gasteiger partial charge in [0.05, 0.1) is 22.6 Å². The van der Waals surface area contributed by atoms with Gasteiger partial charge in [0.25, 0.3) is 0 Å². The lowest BCUT2D eigenvalue weighted by Crippen LogP contribution is -2.28. The van der Waals surface area contributed by atoms with Crippen LogP contribution in [0, 0.1) is 0 Å². The Kier molecular flexibility index (Phi) is 6.19. The van der Waals surface area contributed by atoms with Gasteiger partial charge in [0.1, 0.15) is 29.3 Å². The first kappa shape index (κ1) is 22.3. The topological polar surface area (TPSA) is 103 Å². The lowest BCUT2D eigenvalue weighted by molar-refractivity contribution is 0.104. The fraction of sp³-hybridized carbons (Fsp3) is 0.240. The number of carbonyl (C=O) groups excluding carboxylic acids is 1. The van der Waals surface area contributed by atoms with Gasteiger partial charge in [0.2, 0.25) is 0 Å². The Labute approximate surface area is 201 Å². The maximum Gasteiger partial charge on any atom is 0.196 e. The molecule has 5 rings (SSSR count). The number of benzene rings is 2. The number of aromatic amines is 1. The van der Waals surface area contributed by atoms with E-state index in [0.29, 0.717) is 44.5 Å². The van der Waals surface area contributed by atoms with Gasteiger partial charge < -0.3 is 20.1 Å². The van der Waals surface area contributed by atoms with Crippen molar-refractivity contribution in [3.63, 3.8) is 0 Å². The number of aromatic nitrogens is 3. The zero-order chi connectivity index (χ0) is 23.7. The van der Waals surface area contributed by atoms with E-state index in [0.717, 1.165) is 13.0 Å². The van der Waals surface area contributed by atoms with Gasteiger partial charge in [0.15, 0.2) is 5.78 Å². The molecule has 2 unspecified atom stereocenters. The summed E-state index contributed by atoms with van der Waals surface area (Å²) < 4.78 is 5.82. The third-order valence-corrected chi connectivity index (χ3v) is 6.43. The summed E-state index contributed by atoms with van der Waals surface area (Å²) in [4.78, 5) is 27.3. The van der Waals surface area contributed by atoms with Crippen LogP contribution in [0.15, 0.2) is 61.1 Å². The van der Waals surface area contributed by atoms with Crippen LogP contribution >= 0.6 is 11.6 Å². The third-order valence-electron chi connectivity index (χ3n) is 6.12. The number of likely N-dealkylation sites (N-methyl/N-ethyl adjacent to an activating group) is 1. The van der Waals surface area contributed by atoms with Crippen molar-refractivity contribution < 1.29 is 14.6 Å². The van der Waals surface area contributed by atoms with E-state index in [1.54, 1.807) is 24.4 Å². The molecule has 0 bridgehead atoms. The van der Waals surface area contributed by atoms with E-state index in [1.807, 2.05) is 37.4 Å². The highest BCUT2D eigenvalue weighted by Crippen LogP contribution is 2.32. The number of halogens is 1. The minimum Gasteiger partial charge on any atom is -0.457 e. The molecular weight excluding hydrogens is 454 g/mol. The van der Waals surface area contributed by atoms with Crippen LogP contribution in [0.3, 0.4) is 0 Å². The second-order valence-electron chi connectivity index (χ2n) is 8.39. The van der Waals surface area contributed by atoms with E-state index in [9.17, 15) is 9.90 Å². The Morgan fingerprint density at radius 1 is 1.21 bits per heavy atom. The van der Waals surface area contributed by atoms with Crippen LogP contribution in [0.2, 0.25) is 5.02 Å². The minimum atomic E-state index is -0.239. The molecule has 174 valence electrons. The van der Waals surface area contributed by atoms with Gasteiger partial charge >= 0.3 is 0 Å². The molecule has 4 aromatic rings. The van der Waals surface area contributed by atoms with Crippen molar-refractivity contribution in [2.45, 2.75) is 18.5 Å². The molecule has 34 heavy (non-hydrogen) atoms. The number of hydrogen-bond acceptors (Lipinski definition) is 7. The zero-order valence-electron chi connectivity index (χ0n) is 18.5. The van der Waals surface area contributed by atoms with Crippen molar-refractivity contribution in [3.05, 3.63) is 77.2 Å². The van der Waals surface area contributed by atoms with E-state index >= 15 is 0 Å². The van der Waals surface area contributed by atoms with Crippen LogP contribution in [-0.4, -0.2) is 63.0 Å². The molecule has 0 spiro atoms. The molecule has 2 aromatic carbocycles. The van der Waals surface area contributed by atoms with Crippen molar-refractivity contribution in [1.29, 1.82) is 0 Å². The minimum absolute atomic E-state index is 0.0936. The molecule has 1 saturated heterocycles. The fourth-order valence-electron chi connectivity index (χ4n) is 4.36. The van der Waals surface area contributed by atoms with Crippen LogP contribution in [0.1, 0.15) is 22.3 Å². The summed E-state index contributed by atoms with van der Waals surface area (Å²) in [6, 6.07) is 14.6.